The third-order valence-electron chi connectivity index (χ3n) is 4.59. The zero-order chi connectivity index (χ0) is 18.2. The highest BCUT2D eigenvalue weighted by atomic mass is 16.2. The van der Waals surface area contributed by atoms with Crippen molar-refractivity contribution in [3.8, 4) is 0 Å². The van der Waals surface area contributed by atoms with E-state index in [1.807, 2.05) is 44.2 Å². The van der Waals surface area contributed by atoms with Gasteiger partial charge in [-0.2, -0.15) is 0 Å². The molecule has 1 fully saturated rings. The molecule has 0 spiro atoms. The van der Waals surface area contributed by atoms with E-state index in [9.17, 15) is 9.59 Å². The van der Waals surface area contributed by atoms with Crippen LogP contribution < -0.4 is 4.90 Å². The highest BCUT2D eigenvalue weighted by Gasteiger charge is 2.52. The summed E-state index contributed by atoms with van der Waals surface area (Å²) in [6.07, 6.45) is -0.268. The second-order valence-corrected chi connectivity index (χ2v) is 7.96. The van der Waals surface area contributed by atoms with Gasteiger partial charge in [-0.1, -0.05) is 52.8 Å². The van der Waals surface area contributed by atoms with E-state index < -0.39 is 6.04 Å². The number of nitrogens with zero attached hydrogens (tertiary/aromatic N) is 3. The summed E-state index contributed by atoms with van der Waals surface area (Å²) >= 11 is 0. The number of hydrogen-bond acceptors (Lipinski definition) is 2. The van der Waals surface area contributed by atoms with Crippen LogP contribution in [0.4, 0.5) is 10.5 Å². The predicted octanol–water partition coefficient (Wildman–Crippen LogP) is 3.41. The van der Waals surface area contributed by atoms with Crippen LogP contribution in [0.1, 0.15) is 34.6 Å². The standard InChI is InChI=1S/C19H29N3O2/c1-13(2)15-16(23)21(7)17(19(3,4)5)22(15)18(24)20(6)14-11-9-8-10-12-14/h8-13,15,17H,1-7H3. The monoisotopic (exact) mass is 331 g/mol. The lowest BCUT2D eigenvalue weighted by molar-refractivity contribution is -0.130. The molecule has 1 aromatic carbocycles. The maximum atomic E-state index is 13.3. The molecule has 1 saturated heterocycles. The summed E-state index contributed by atoms with van der Waals surface area (Å²) in [5.74, 6) is 0.0696. The molecule has 5 nitrogen and oxygen atoms in total. The predicted molar refractivity (Wildman–Crippen MR) is 96.7 cm³/mol. The Morgan fingerprint density at radius 3 is 2.17 bits per heavy atom. The van der Waals surface area contributed by atoms with E-state index in [0.717, 1.165) is 5.69 Å². The lowest BCUT2D eigenvalue weighted by Crippen LogP contribution is -2.55. The number of amides is 3. The van der Waals surface area contributed by atoms with Crippen molar-refractivity contribution in [3.63, 3.8) is 0 Å². The zero-order valence-electron chi connectivity index (χ0n) is 15.8. The third kappa shape index (κ3) is 3.12. The number of para-hydroxylation sites is 1. The molecule has 132 valence electrons. The number of anilines is 1. The first-order valence-electron chi connectivity index (χ1n) is 8.45. The molecule has 0 N–H and O–H groups in total. The maximum absolute atomic E-state index is 13.3. The van der Waals surface area contributed by atoms with Crippen LogP contribution in [0, 0.1) is 11.3 Å². The van der Waals surface area contributed by atoms with Gasteiger partial charge < -0.3 is 4.90 Å². The van der Waals surface area contributed by atoms with Crippen LogP contribution in [0.3, 0.4) is 0 Å². The van der Waals surface area contributed by atoms with Crippen LogP contribution in [0.25, 0.3) is 0 Å². The number of likely N-dealkylation sites (N-methyl/N-ethyl adjacent to an activating group) is 1. The van der Waals surface area contributed by atoms with Crippen molar-refractivity contribution >= 4 is 17.6 Å². The number of carbonyl (C=O) groups is 2. The largest absolute Gasteiger partial charge is 0.326 e. The van der Waals surface area contributed by atoms with Gasteiger partial charge in [-0.3, -0.25) is 14.6 Å². The van der Waals surface area contributed by atoms with E-state index in [2.05, 4.69) is 20.8 Å². The first kappa shape index (κ1) is 18.3. The van der Waals surface area contributed by atoms with Crippen molar-refractivity contribution in [1.29, 1.82) is 0 Å². The molecule has 0 radical (unpaired) electrons. The van der Waals surface area contributed by atoms with Gasteiger partial charge in [-0.05, 0) is 18.1 Å². The van der Waals surface area contributed by atoms with Crippen LogP contribution in [-0.2, 0) is 4.79 Å². The smallest absolute Gasteiger partial charge is 0.323 e. The van der Waals surface area contributed by atoms with Crippen LogP contribution in [0.2, 0.25) is 0 Å². The van der Waals surface area contributed by atoms with Gasteiger partial charge in [0, 0.05) is 25.2 Å². The molecule has 0 aromatic heterocycles. The topological polar surface area (TPSA) is 43.9 Å². The number of rotatable bonds is 2. The first-order valence-corrected chi connectivity index (χ1v) is 8.45. The fraction of sp³-hybridized carbons (Fsp3) is 0.579. The van der Waals surface area contributed by atoms with Crippen molar-refractivity contribution in [1.82, 2.24) is 9.80 Å². The molecular weight excluding hydrogens is 302 g/mol. The zero-order valence-corrected chi connectivity index (χ0v) is 15.8. The molecule has 0 aliphatic carbocycles. The minimum Gasteiger partial charge on any atom is -0.323 e. The SMILES string of the molecule is CC(C)C1C(=O)N(C)C(C(C)(C)C)N1C(=O)N(C)c1ccccc1. The fourth-order valence-electron chi connectivity index (χ4n) is 3.55. The third-order valence-corrected chi connectivity index (χ3v) is 4.59. The summed E-state index contributed by atoms with van der Waals surface area (Å²) in [6, 6.07) is 8.95. The molecule has 2 atom stereocenters. The molecule has 0 saturated carbocycles. The van der Waals surface area contributed by atoms with E-state index >= 15 is 0 Å². The van der Waals surface area contributed by atoms with E-state index in [1.165, 1.54) is 0 Å². The van der Waals surface area contributed by atoms with Gasteiger partial charge in [0.25, 0.3) is 0 Å². The fourth-order valence-corrected chi connectivity index (χ4v) is 3.55. The second-order valence-electron chi connectivity index (χ2n) is 7.96. The number of hydrogen-bond donors (Lipinski definition) is 0. The minimum atomic E-state index is -0.433. The number of benzene rings is 1. The Hall–Kier alpha value is -2.04. The van der Waals surface area contributed by atoms with Gasteiger partial charge in [0.05, 0.1) is 0 Å². The van der Waals surface area contributed by atoms with Crippen molar-refractivity contribution in [2.75, 3.05) is 19.0 Å². The Balaban J connectivity index is 2.45. The summed E-state index contributed by atoms with van der Waals surface area (Å²) in [7, 11) is 3.56. The highest BCUT2D eigenvalue weighted by Crippen LogP contribution is 2.37. The van der Waals surface area contributed by atoms with Gasteiger partial charge in [-0.15, -0.1) is 0 Å². The quantitative estimate of drug-likeness (QED) is 0.833. The van der Waals surface area contributed by atoms with Gasteiger partial charge >= 0.3 is 6.03 Å². The summed E-state index contributed by atoms with van der Waals surface area (Å²) in [5.41, 5.74) is 0.584. The molecule has 1 aliphatic rings. The van der Waals surface area contributed by atoms with Crippen molar-refractivity contribution in [2.24, 2.45) is 11.3 Å². The molecule has 3 amide bonds. The minimum absolute atomic E-state index is 0.0136. The summed E-state index contributed by atoms with van der Waals surface area (Å²) in [5, 5.41) is 0. The van der Waals surface area contributed by atoms with Gasteiger partial charge in [0.15, 0.2) is 0 Å². The Bertz CT molecular complexity index is 607. The van der Waals surface area contributed by atoms with E-state index in [-0.39, 0.29) is 29.4 Å². The van der Waals surface area contributed by atoms with Crippen molar-refractivity contribution in [3.05, 3.63) is 30.3 Å². The van der Waals surface area contributed by atoms with E-state index in [4.69, 9.17) is 0 Å². The summed E-state index contributed by atoms with van der Waals surface area (Å²) in [4.78, 5) is 31.2. The molecule has 1 aliphatic heterocycles. The average Bonchev–Trinajstić information content (AvgIpc) is 2.78. The van der Waals surface area contributed by atoms with Gasteiger partial charge in [0.1, 0.15) is 12.2 Å². The van der Waals surface area contributed by atoms with Gasteiger partial charge in [0.2, 0.25) is 5.91 Å². The summed E-state index contributed by atoms with van der Waals surface area (Å²) < 4.78 is 0. The van der Waals surface area contributed by atoms with Crippen molar-refractivity contribution in [2.45, 2.75) is 46.8 Å². The van der Waals surface area contributed by atoms with E-state index in [0.29, 0.717) is 0 Å². The molecule has 0 bridgehead atoms. The molecule has 24 heavy (non-hydrogen) atoms. The maximum Gasteiger partial charge on any atom is 0.326 e. The normalized spacial score (nSPS) is 21.6. The molecule has 2 rings (SSSR count). The lowest BCUT2D eigenvalue weighted by atomic mass is 9.91. The molecule has 2 unspecified atom stereocenters. The highest BCUT2D eigenvalue weighted by molar-refractivity contribution is 5.97. The first-order chi connectivity index (χ1) is 11.1. The number of urea groups is 1. The summed E-state index contributed by atoms with van der Waals surface area (Å²) in [6.45, 7) is 10.2. The Kier molecular flexibility index (Phi) is 4.92. The van der Waals surface area contributed by atoms with Crippen LogP contribution in [0.5, 0.6) is 0 Å². The Morgan fingerprint density at radius 2 is 1.71 bits per heavy atom. The van der Waals surface area contributed by atoms with Crippen LogP contribution in [0.15, 0.2) is 30.3 Å². The Labute approximate surface area is 145 Å². The molecule has 5 heteroatoms. The molecule has 1 aromatic rings. The lowest BCUT2D eigenvalue weighted by Gasteiger charge is -2.41. The second kappa shape index (κ2) is 6.46. The number of carbonyl (C=O) groups excluding carboxylic acids is 2. The Morgan fingerprint density at radius 1 is 1.17 bits per heavy atom. The van der Waals surface area contributed by atoms with E-state index in [1.54, 1.807) is 28.8 Å². The van der Waals surface area contributed by atoms with Gasteiger partial charge in [-0.25, -0.2) is 4.79 Å². The average molecular weight is 331 g/mol. The van der Waals surface area contributed by atoms with Crippen molar-refractivity contribution < 1.29 is 9.59 Å². The molecule has 1 heterocycles. The molecular formula is C19H29N3O2. The van der Waals surface area contributed by atoms with Crippen LogP contribution in [-0.4, -0.2) is 48.0 Å². The van der Waals surface area contributed by atoms with Crippen LogP contribution >= 0.6 is 0 Å².